The van der Waals surface area contributed by atoms with Crippen molar-refractivity contribution < 1.29 is 13.2 Å². The van der Waals surface area contributed by atoms with Gasteiger partial charge < -0.3 is 0 Å². The van der Waals surface area contributed by atoms with Gasteiger partial charge in [0, 0.05) is 31.5 Å². The van der Waals surface area contributed by atoms with E-state index in [-0.39, 0.29) is 11.5 Å². The number of ketones is 1. The minimum Gasteiger partial charge on any atom is -0.300 e. The first-order chi connectivity index (χ1) is 7.97. The van der Waals surface area contributed by atoms with E-state index in [0.717, 1.165) is 5.56 Å². The Bertz CT molecular complexity index is 454. The molecule has 0 aromatic carbocycles. The van der Waals surface area contributed by atoms with Gasteiger partial charge in [0.15, 0.2) is 0 Å². The summed E-state index contributed by atoms with van der Waals surface area (Å²) in [6.07, 6.45) is 6.51. The molecule has 1 aromatic heterocycles. The van der Waals surface area contributed by atoms with Gasteiger partial charge in [-0.3, -0.25) is 9.78 Å². The molecule has 0 bridgehead atoms. The molecule has 1 aromatic rings. The Balaban J connectivity index is 2.22. The van der Waals surface area contributed by atoms with E-state index in [9.17, 15) is 13.2 Å². The summed E-state index contributed by atoms with van der Waals surface area (Å²) in [6.45, 7) is 0. The molecule has 4 nitrogen and oxygen atoms in total. The lowest BCUT2D eigenvalue weighted by molar-refractivity contribution is -0.119. The fraction of sp³-hybridized carbons (Fsp3) is 0.500. The first-order valence-electron chi connectivity index (χ1n) is 5.56. The fourth-order valence-corrected chi connectivity index (χ4v) is 2.16. The van der Waals surface area contributed by atoms with E-state index >= 15 is 0 Å². The number of Topliss-reactive ketones (excluding diaryl/α,β-unsaturated/α-hetero) is 1. The molecule has 0 N–H and O–H groups in total. The van der Waals surface area contributed by atoms with Crippen molar-refractivity contribution in [2.24, 2.45) is 0 Å². The lowest BCUT2D eigenvalue weighted by Crippen LogP contribution is -2.07. The fourth-order valence-electron chi connectivity index (χ4n) is 1.49. The van der Waals surface area contributed by atoms with Crippen molar-refractivity contribution in [1.82, 2.24) is 4.98 Å². The average Bonchev–Trinajstić information content (AvgIpc) is 2.26. The van der Waals surface area contributed by atoms with Crippen LogP contribution in [-0.2, 0) is 21.1 Å². The van der Waals surface area contributed by atoms with Crippen molar-refractivity contribution in [1.29, 1.82) is 0 Å². The third kappa shape index (κ3) is 6.84. The highest BCUT2D eigenvalue weighted by Crippen LogP contribution is 2.04. The number of carbonyl (C=O) groups is 1. The quantitative estimate of drug-likeness (QED) is 0.739. The molecule has 0 radical (unpaired) electrons. The predicted octanol–water partition coefficient (Wildman–Crippen LogP) is 1.41. The number of carbonyl (C=O) groups excluding carboxylic acids is 1. The first kappa shape index (κ1) is 13.8. The maximum absolute atomic E-state index is 11.5. The van der Waals surface area contributed by atoms with E-state index in [1.807, 2.05) is 12.1 Å². The molecule has 0 spiro atoms. The number of rotatable bonds is 7. The second-order valence-electron chi connectivity index (χ2n) is 4.13. The third-order valence-electron chi connectivity index (χ3n) is 2.39. The highest BCUT2D eigenvalue weighted by molar-refractivity contribution is 7.90. The molecule has 1 rings (SSSR count). The number of pyridine rings is 1. The van der Waals surface area contributed by atoms with Crippen LogP contribution < -0.4 is 0 Å². The molecule has 17 heavy (non-hydrogen) atoms. The van der Waals surface area contributed by atoms with Crippen molar-refractivity contribution in [3.05, 3.63) is 30.1 Å². The van der Waals surface area contributed by atoms with Crippen molar-refractivity contribution in [3.8, 4) is 0 Å². The molecule has 0 saturated heterocycles. The van der Waals surface area contributed by atoms with Crippen LogP contribution in [0.4, 0.5) is 0 Å². The Kier molecular flexibility index (Phi) is 5.28. The SMILES string of the molecule is CS(=O)(=O)CCCC(=O)CCc1cccnc1. The summed E-state index contributed by atoms with van der Waals surface area (Å²) in [7, 11) is -2.95. The maximum atomic E-state index is 11.5. The molecule has 0 fully saturated rings. The van der Waals surface area contributed by atoms with Gasteiger partial charge >= 0.3 is 0 Å². The number of nitrogens with zero attached hydrogens (tertiary/aromatic N) is 1. The molecular weight excluding hydrogens is 238 g/mol. The largest absolute Gasteiger partial charge is 0.300 e. The van der Waals surface area contributed by atoms with Crippen LogP contribution >= 0.6 is 0 Å². The number of sulfone groups is 1. The van der Waals surface area contributed by atoms with E-state index in [4.69, 9.17) is 0 Å². The van der Waals surface area contributed by atoms with Crippen LogP contribution in [0.5, 0.6) is 0 Å². The third-order valence-corrected chi connectivity index (χ3v) is 3.42. The molecule has 5 heteroatoms. The van der Waals surface area contributed by atoms with Crippen molar-refractivity contribution in [2.75, 3.05) is 12.0 Å². The maximum Gasteiger partial charge on any atom is 0.147 e. The summed E-state index contributed by atoms with van der Waals surface area (Å²) in [4.78, 5) is 15.5. The standard InChI is InChI=1S/C12H17NO3S/c1-17(15,16)9-3-5-12(14)7-6-11-4-2-8-13-10-11/h2,4,8,10H,3,5-7,9H2,1H3. The second-order valence-corrected chi connectivity index (χ2v) is 6.39. The van der Waals surface area contributed by atoms with Crippen LogP contribution in [0, 0.1) is 0 Å². The summed E-state index contributed by atoms with van der Waals surface area (Å²) in [6, 6.07) is 3.76. The minimum atomic E-state index is -2.95. The Hall–Kier alpha value is -1.23. The van der Waals surface area contributed by atoms with E-state index < -0.39 is 9.84 Å². The zero-order valence-corrected chi connectivity index (χ0v) is 10.7. The van der Waals surface area contributed by atoms with Gasteiger partial charge in [0.25, 0.3) is 0 Å². The van der Waals surface area contributed by atoms with Gasteiger partial charge in [0.05, 0.1) is 5.75 Å². The van der Waals surface area contributed by atoms with Crippen LogP contribution in [0.15, 0.2) is 24.5 Å². The summed E-state index contributed by atoms with van der Waals surface area (Å²) in [5, 5.41) is 0. The summed E-state index contributed by atoms with van der Waals surface area (Å²) < 4.78 is 21.7. The van der Waals surface area contributed by atoms with E-state index in [2.05, 4.69) is 4.98 Å². The van der Waals surface area contributed by atoms with Crippen LogP contribution in [0.3, 0.4) is 0 Å². The molecule has 0 atom stereocenters. The van der Waals surface area contributed by atoms with Crippen molar-refractivity contribution >= 4 is 15.6 Å². The Morgan fingerprint density at radius 3 is 2.71 bits per heavy atom. The minimum absolute atomic E-state index is 0.0889. The smallest absolute Gasteiger partial charge is 0.147 e. The molecule has 0 aliphatic rings. The number of aromatic nitrogens is 1. The zero-order chi connectivity index (χ0) is 12.7. The molecule has 0 aliphatic heterocycles. The van der Waals surface area contributed by atoms with Gasteiger partial charge in [-0.15, -0.1) is 0 Å². The normalized spacial score (nSPS) is 11.4. The topological polar surface area (TPSA) is 64.1 Å². The van der Waals surface area contributed by atoms with Crippen molar-refractivity contribution in [2.45, 2.75) is 25.7 Å². The van der Waals surface area contributed by atoms with Gasteiger partial charge in [-0.05, 0) is 24.5 Å². The van der Waals surface area contributed by atoms with Crippen molar-refractivity contribution in [3.63, 3.8) is 0 Å². The van der Waals surface area contributed by atoms with Crippen LogP contribution in [0.2, 0.25) is 0 Å². The molecule has 0 saturated carbocycles. The van der Waals surface area contributed by atoms with Crippen LogP contribution in [0.25, 0.3) is 0 Å². The number of hydrogen-bond acceptors (Lipinski definition) is 4. The van der Waals surface area contributed by atoms with E-state index in [0.29, 0.717) is 25.7 Å². The highest BCUT2D eigenvalue weighted by atomic mass is 32.2. The van der Waals surface area contributed by atoms with Crippen LogP contribution in [0.1, 0.15) is 24.8 Å². The Morgan fingerprint density at radius 2 is 2.12 bits per heavy atom. The molecule has 1 heterocycles. The second kappa shape index (κ2) is 6.49. The Labute approximate surface area is 102 Å². The summed E-state index contributed by atoms with van der Waals surface area (Å²) in [5.74, 6) is 0.198. The molecule has 0 amide bonds. The van der Waals surface area contributed by atoms with Crippen LogP contribution in [-0.4, -0.2) is 31.2 Å². The Morgan fingerprint density at radius 1 is 1.35 bits per heavy atom. The number of aryl methyl sites for hydroxylation is 1. The summed E-state index contributed by atoms with van der Waals surface area (Å²) >= 11 is 0. The highest BCUT2D eigenvalue weighted by Gasteiger charge is 2.06. The lowest BCUT2D eigenvalue weighted by atomic mass is 10.1. The van der Waals surface area contributed by atoms with Gasteiger partial charge in [-0.25, -0.2) is 8.42 Å². The van der Waals surface area contributed by atoms with Gasteiger partial charge in [0.2, 0.25) is 0 Å². The molecule has 0 aliphatic carbocycles. The van der Waals surface area contributed by atoms with Gasteiger partial charge in [-0.1, -0.05) is 6.07 Å². The predicted molar refractivity (Wildman–Crippen MR) is 66.5 cm³/mol. The monoisotopic (exact) mass is 255 g/mol. The first-order valence-corrected chi connectivity index (χ1v) is 7.62. The lowest BCUT2D eigenvalue weighted by Gasteiger charge is -2.01. The summed E-state index contributed by atoms with van der Waals surface area (Å²) in [5.41, 5.74) is 1.03. The van der Waals surface area contributed by atoms with E-state index in [1.165, 1.54) is 6.26 Å². The zero-order valence-electron chi connectivity index (χ0n) is 9.93. The molecule has 94 valence electrons. The molecular formula is C12H17NO3S. The van der Waals surface area contributed by atoms with Gasteiger partial charge in [0.1, 0.15) is 15.6 Å². The average molecular weight is 255 g/mol. The number of hydrogen-bond donors (Lipinski definition) is 0. The molecule has 0 unspecified atom stereocenters. The van der Waals surface area contributed by atoms with Gasteiger partial charge in [-0.2, -0.15) is 0 Å². The van der Waals surface area contributed by atoms with E-state index in [1.54, 1.807) is 12.4 Å².